The van der Waals surface area contributed by atoms with Crippen LogP contribution in [-0.2, 0) is 0 Å². The molecule has 5 heteroatoms. The van der Waals surface area contributed by atoms with Gasteiger partial charge in [0.15, 0.2) is 0 Å². The normalized spacial score (nSPS) is 13.3. The summed E-state index contributed by atoms with van der Waals surface area (Å²) < 4.78 is 1.21. The highest BCUT2D eigenvalue weighted by atomic mass is 32.1. The molecule has 5 rings (SSSR count). The van der Waals surface area contributed by atoms with E-state index in [0.29, 0.717) is 0 Å². The Morgan fingerprint density at radius 2 is 1.69 bits per heavy atom. The number of hydrogen-bond acceptors (Lipinski definition) is 4. The van der Waals surface area contributed by atoms with E-state index < -0.39 is 5.97 Å². The lowest BCUT2D eigenvalue weighted by Gasteiger charge is -2.19. The fraction of sp³-hybridized carbons (Fsp3) is 0. The van der Waals surface area contributed by atoms with Crippen molar-refractivity contribution in [3.8, 4) is 10.6 Å². The van der Waals surface area contributed by atoms with Gasteiger partial charge in [-0.2, -0.15) is 0 Å². The molecule has 29 heavy (non-hydrogen) atoms. The summed E-state index contributed by atoms with van der Waals surface area (Å²) in [6.07, 6.45) is 11.8. The Kier molecular flexibility index (Phi) is 4.22. The topological polar surface area (TPSA) is 53.4 Å². The number of rotatable bonds is 3. The number of carboxylic acid groups (broad SMARTS) is 1. The second-order valence-electron chi connectivity index (χ2n) is 6.69. The predicted molar refractivity (Wildman–Crippen MR) is 119 cm³/mol. The van der Waals surface area contributed by atoms with E-state index in [-0.39, 0.29) is 5.56 Å². The van der Waals surface area contributed by atoms with Crippen molar-refractivity contribution in [2.24, 2.45) is 0 Å². The maximum Gasteiger partial charge on any atom is 0.335 e. The van der Waals surface area contributed by atoms with Crippen LogP contribution in [0.3, 0.4) is 0 Å². The van der Waals surface area contributed by atoms with Gasteiger partial charge in [0.2, 0.25) is 0 Å². The molecule has 0 amide bonds. The van der Waals surface area contributed by atoms with E-state index in [4.69, 9.17) is 4.98 Å². The van der Waals surface area contributed by atoms with Crippen LogP contribution in [0.25, 0.3) is 31.6 Å². The van der Waals surface area contributed by atoms with Crippen LogP contribution < -0.4 is 4.90 Å². The Morgan fingerprint density at radius 1 is 0.897 bits per heavy atom. The molecule has 0 saturated carbocycles. The number of hydrogen-bond donors (Lipinski definition) is 1. The average molecular weight is 396 g/mol. The number of anilines is 1. The summed E-state index contributed by atoms with van der Waals surface area (Å²) >= 11 is 1.70. The second-order valence-corrected chi connectivity index (χ2v) is 7.78. The quantitative estimate of drug-likeness (QED) is 0.447. The van der Waals surface area contributed by atoms with Gasteiger partial charge in [0.25, 0.3) is 0 Å². The van der Waals surface area contributed by atoms with Crippen molar-refractivity contribution in [3.05, 3.63) is 96.9 Å². The van der Waals surface area contributed by atoms with Gasteiger partial charge in [-0.15, -0.1) is 11.3 Å². The van der Waals surface area contributed by atoms with Gasteiger partial charge in [0.1, 0.15) is 5.69 Å². The minimum atomic E-state index is -0.944. The Labute approximate surface area is 171 Å². The number of carboxylic acids is 1. The van der Waals surface area contributed by atoms with Crippen LogP contribution in [0.2, 0.25) is 0 Å². The van der Waals surface area contributed by atoms with Crippen LogP contribution in [0, 0.1) is 0 Å². The van der Waals surface area contributed by atoms with Gasteiger partial charge in [0, 0.05) is 22.5 Å². The molecule has 4 aromatic rings. The number of allylic oxidation sites excluding steroid dienone is 4. The number of pyridine rings is 1. The molecule has 0 saturated heterocycles. The third-order valence-electron chi connectivity index (χ3n) is 4.81. The van der Waals surface area contributed by atoms with Crippen molar-refractivity contribution < 1.29 is 9.90 Å². The minimum Gasteiger partial charge on any atom is -0.478 e. The third kappa shape index (κ3) is 3.22. The molecule has 0 fully saturated rings. The highest BCUT2D eigenvalue weighted by molar-refractivity contribution is 7.22. The lowest BCUT2D eigenvalue weighted by Crippen LogP contribution is -2.08. The summed E-state index contributed by atoms with van der Waals surface area (Å²) in [6.45, 7) is 0. The summed E-state index contributed by atoms with van der Waals surface area (Å²) in [7, 11) is 0. The van der Waals surface area contributed by atoms with E-state index in [9.17, 15) is 9.90 Å². The smallest absolute Gasteiger partial charge is 0.335 e. The van der Waals surface area contributed by atoms with E-state index in [1.54, 1.807) is 29.5 Å². The fourth-order valence-corrected chi connectivity index (χ4v) is 4.46. The minimum absolute atomic E-state index is 0.253. The molecule has 2 aromatic heterocycles. The van der Waals surface area contributed by atoms with Crippen molar-refractivity contribution in [1.82, 2.24) is 4.98 Å². The lowest BCUT2D eigenvalue weighted by molar-refractivity contribution is 0.0697. The Balaban J connectivity index is 1.76. The van der Waals surface area contributed by atoms with Crippen molar-refractivity contribution in [2.75, 3.05) is 4.90 Å². The molecule has 0 spiro atoms. The van der Waals surface area contributed by atoms with Gasteiger partial charge < -0.3 is 10.0 Å². The first-order chi connectivity index (χ1) is 14.2. The van der Waals surface area contributed by atoms with E-state index >= 15 is 0 Å². The summed E-state index contributed by atoms with van der Waals surface area (Å²) in [4.78, 5) is 19.4. The molecule has 0 radical (unpaired) electrons. The Hall–Kier alpha value is -3.70. The molecular formula is C24H16N2O2S. The SMILES string of the molecule is O=C(O)c1ccc2nc(-c3cc4ccccc4s3)c(N3C=CC=CC=C3)cc2c1. The lowest BCUT2D eigenvalue weighted by atomic mass is 10.1. The van der Waals surface area contributed by atoms with Crippen LogP contribution in [-0.4, -0.2) is 16.1 Å². The molecule has 1 aliphatic heterocycles. The largest absolute Gasteiger partial charge is 0.478 e. The number of fused-ring (bicyclic) bond motifs is 2. The van der Waals surface area contributed by atoms with Crippen molar-refractivity contribution in [1.29, 1.82) is 0 Å². The first-order valence-corrected chi connectivity index (χ1v) is 9.98. The van der Waals surface area contributed by atoms with E-state index in [1.807, 2.05) is 59.8 Å². The summed E-state index contributed by atoms with van der Waals surface area (Å²) in [5, 5.41) is 11.3. The summed E-state index contributed by atoms with van der Waals surface area (Å²) in [5.41, 5.74) is 2.80. The van der Waals surface area contributed by atoms with Crippen LogP contribution in [0.1, 0.15) is 10.4 Å². The zero-order valence-corrected chi connectivity index (χ0v) is 16.1. The first-order valence-electron chi connectivity index (χ1n) is 9.16. The van der Waals surface area contributed by atoms with Gasteiger partial charge in [-0.3, -0.25) is 0 Å². The summed E-state index contributed by atoms with van der Waals surface area (Å²) in [6, 6.07) is 17.5. The van der Waals surface area contributed by atoms with Gasteiger partial charge >= 0.3 is 5.97 Å². The number of aromatic carboxylic acids is 1. The van der Waals surface area contributed by atoms with Crippen LogP contribution in [0.15, 0.2) is 91.3 Å². The molecule has 140 valence electrons. The van der Waals surface area contributed by atoms with E-state index in [0.717, 1.165) is 27.2 Å². The standard InChI is InChI=1S/C24H16N2O2S/c27-24(28)17-9-10-19-18(13-17)14-20(26-11-5-1-2-6-12-26)23(25-19)22-15-16-7-3-4-8-21(16)29-22/h1-15H,(H,27,28). The molecule has 0 unspecified atom stereocenters. The number of carbonyl (C=O) groups is 1. The Bertz CT molecular complexity index is 1300. The fourth-order valence-electron chi connectivity index (χ4n) is 3.40. The number of aromatic nitrogens is 1. The van der Waals surface area contributed by atoms with E-state index in [2.05, 4.69) is 18.2 Å². The van der Waals surface area contributed by atoms with E-state index in [1.165, 1.54) is 10.1 Å². The van der Waals surface area contributed by atoms with Gasteiger partial charge in [-0.05, 0) is 53.9 Å². The van der Waals surface area contributed by atoms with Crippen molar-refractivity contribution in [2.45, 2.75) is 0 Å². The molecule has 0 aliphatic carbocycles. The van der Waals surface area contributed by atoms with Crippen LogP contribution in [0.4, 0.5) is 5.69 Å². The summed E-state index contributed by atoms with van der Waals surface area (Å²) in [5.74, 6) is -0.944. The molecule has 1 aliphatic rings. The maximum atomic E-state index is 11.4. The maximum absolute atomic E-state index is 11.4. The molecule has 0 atom stereocenters. The average Bonchev–Trinajstić information content (AvgIpc) is 2.98. The monoisotopic (exact) mass is 396 g/mol. The highest BCUT2D eigenvalue weighted by Gasteiger charge is 2.16. The number of thiophene rings is 1. The molecule has 0 bridgehead atoms. The first kappa shape index (κ1) is 17.4. The highest BCUT2D eigenvalue weighted by Crippen LogP contribution is 2.39. The second kappa shape index (κ2) is 7.04. The van der Waals surface area contributed by atoms with Crippen LogP contribution in [0.5, 0.6) is 0 Å². The van der Waals surface area contributed by atoms with Crippen molar-refractivity contribution in [3.63, 3.8) is 0 Å². The molecule has 4 nitrogen and oxygen atoms in total. The van der Waals surface area contributed by atoms with Gasteiger partial charge in [-0.25, -0.2) is 9.78 Å². The number of benzene rings is 2. The van der Waals surface area contributed by atoms with Gasteiger partial charge in [0.05, 0.1) is 21.6 Å². The van der Waals surface area contributed by atoms with Crippen LogP contribution >= 0.6 is 11.3 Å². The Morgan fingerprint density at radius 3 is 2.45 bits per heavy atom. The zero-order valence-electron chi connectivity index (χ0n) is 15.3. The molecule has 1 N–H and O–H groups in total. The third-order valence-corrected chi connectivity index (χ3v) is 5.93. The molecule has 2 aromatic carbocycles. The molecular weight excluding hydrogens is 380 g/mol. The molecule has 3 heterocycles. The van der Waals surface area contributed by atoms with Gasteiger partial charge in [-0.1, -0.05) is 30.4 Å². The van der Waals surface area contributed by atoms with Crippen molar-refractivity contribution >= 4 is 44.0 Å². The number of nitrogens with zero attached hydrogens (tertiary/aromatic N) is 2. The zero-order chi connectivity index (χ0) is 19.8. The predicted octanol–water partition coefficient (Wildman–Crippen LogP) is 6.22.